The van der Waals surface area contributed by atoms with Gasteiger partial charge in [0.15, 0.2) is 0 Å². The molecule has 3 N–H and O–H groups in total. The minimum atomic E-state index is -0.942. The number of ether oxygens (including phenoxy) is 1. The van der Waals surface area contributed by atoms with Crippen molar-refractivity contribution >= 4 is 41.8 Å². The van der Waals surface area contributed by atoms with Crippen LogP contribution in [0.25, 0.3) is 0 Å². The van der Waals surface area contributed by atoms with Gasteiger partial charge in [-0.2, -0.15) is 0 Å². The Morgan fingerprint density at radius 3 is 2.77 bits per heavy atom. The van der Waals surface area contributed by atoms with E-state index in [1.165, 1.54) is 11.8 Å². The van der Waals surface area contributed by atoms with Crippen LogP contribution in [0.4, 0.5) is 5.82 Å². The van der Waals surface area contributed by atoms with Crippen molar-refractivity contribution in [3.05, 3.63) is 35.1 Å². The van der Waals surface area contributed by atoms with Crippen molar-refractivity contribution in [3.8, 4) is 0 Å². The maximum Gasteiger partial charge on any atom is 0.493 e. The van der Waals surface area contributed by atoms with Crippen LogP contribution in [0.15, 0.2) is 34.4 Å². The third-order valence-corrected chi connectivity index (χ3v) is 7.80. The van der Waals surface area contributed by atoms with Crippen molar-refractivity contribution in [2.24, 2.45) is 11.1 Å². The fourth-order valence-corrected chi connectivity index (χ4v) is 5.88. The van der Waals surface area contributed by atoms with E-state index in [2.05, 4.69) is 21.8 Å². The second kappa shape index (κ2) is 7.96. The van der Waals surface area contributed by atoms with Gasteiger partial charge in [0.25, 0.3) is 0 Å². The van der Waals surface area contributed by atoms with E-state index in [1.807, 2.05) is 18.3 Å². The molecule has 5 rings (SSSR count). The second-order valence-corrected chi connectivity index (χ2v) is 9.85. The van der Waals surface area contributed by atoms with Gasteiger partial charge in [-0.15, -0.1) is 0 Å². The van der Waals surface area contributed by atoms with Gasteiger partial charge in [-0.05, 0) is 37.5 Å². The topological polar surface area (TPSA) is 93.7 Å². The summed E-state index contributed by atoms with van der Waals surface area (Å²) in [6.07, 6.45) is 5.78. The first-order valence-electron chi connectivity index (χ1n) is 10.2. The Hall–Kier alpha value is -1.36. The third-order valence-electron chi connectivity index (χ3n) is 6.60. The lowest BCUT2D eigenvalue weighted by Crippen LogP contribution is -2.50. The van der Waals surface area contributed by atoms with Gasteiger partial charge in [-0.25, -0.2) is 9.97 Å². The first-order valence-corrected chi connectivity index (χ1v) is 11.4. The molecule has 3 aliphatic heterocycles. The van der Waals surface area contributed by atoms with Gasteiger partial charge in [-0.1, -0.05) is 23.4 Å². The van der Waals surface area contributed by atoms with Gasteiger partial charge in [0.1, 0.15) is 10.8 Å². The van der Waals surface area contributed by atoms with Crippen LogP contribution in [0.1, 0.15) is 25.3 Å². The van der Waals surface area contributed by atoms with E-state index >= 15 is 0 Å². The van der Waals surface area contributed by atoms with Crippen LogP contribution in [0, 0.1) is 5.41 Å². The SMILES string of the molecule is C[C@@H]1OCC2(CCN(c3cnc(Sc4cc(Cl)c5c(c4)COB5O)cn3)CC2)[C@@H]1N. The zero-order valence-corrected chi connectivity index (χ0v) is 18.3. The number of anilines is 1. The highest BCUT2D eigenvalue weighted by Crippen LogP contribution is 2.41. The maximum absolute atomic E-state index is 9.84. The zero-order chi connectivity index (χ0) is 20.9. The standard InChI is InChI=1S/C20H24BClN4O3S/c1-12-19(23)20(11-28-12)2-4-26(5-3-20)16-8-25-17(9-24-16)30-14-6-13-10-29-21(27)18(13)15(22)7-14/h6-9,12,19,27H,2-5,10-11,23H2,1H3/t12-,19+/m0/s1. The largest absolute Gasteiger partial charge is 0.493 e. The van der Waals surface area contributed by atoms with E-state index in [0.29, 0.717) is 17.1 Å². The number of piperidine rings is 1. The molecule has 7 nitrogen and oxygen atoms in total. The number of nitrogens with two attached hydrogens (primary N) is 1. The smallest absolute Gasteiger partial charge is 0.423 e. The highest BCUT2D eigenvalue weighted by molar-refractivity contribution is 7.99. The summed E-state index contributed by atoms with van der Waals surface area (Å²) in [4.78, 5) is 12.4. The molecule has 1 aromatic carbocycles. The van der Waals surface area contributed by atoms with Gasteiger partial charge < -0.3 is 25.0 Å². The zero-order valence-electron chi connectivity index (χ0n) is 16.8. The van der Waals surface area contributed by atoms with Crippen LogP contribution in [0.3, 0.4) is 0 Å². The van der Waals surface area contributed by atoms with Gasteiger partial charge in [0.05, 0.1) is 31.7 Å². The van der Waals surface area contributed by atoms with Crippen LogP contribution in [0.5, 0.6) is 0 Å². The molecular formula is C20H24BClN4O3S. The normalized spacial score (nSPS) is 25.2. The van der Waals surface area contributed by atoms with Crippen molar-refractivity contribution in [2.45, 2.75) is 48.4 Å². The molecule has 0 aliphatic carbocycles. The fraction of sp³-hybridized carbons (Fsp3) is 0.500. The van der Waals surface area contributed by atoms with E-state index in [1.54, 1.807) is 6.20 Å². The minimum absolute atomic E-state index is 0.100. The summed E-state index contributed by atoms with van der Waals surface area (Å²) < 4.78 is 11.1. The molecule has 158 valence electrons. The quantitative estimate of drug-likeness (QED) is 0.690. The fourth-order valence-electron chi connectivity index (χ4n) is 4.65. The number of benzene rings is 1. The second-order valence-electron chi connectivity index (χ2n) is 8.35. The average molecular weight is 447 g/mol. The summed E-state index contributed by atoms with van der Waals surface area (Å²) in [5.74, 6) is 0.887. The highest BCUT2D eigenvalue weighted by Gasteiger charge is 2.47. The summed E-state index contributed by atoms with van der Waals surface area (Å²) in [6.45, 7) is 5.01. The van der Waals surface area contributed by atoms with Crippen molar-refractivity contribution in [3.63, 3.8) is 0 Å². The van der Waals surface area contributed by atoms with Crippen LogP contribution < -0.4 is 16.1 Å². The molecule has 0 radical (unpaired) electrons. The maximum atomic E-state index is 9.84. The molecule has 2 fully saturated rings. The van der Waals surface area contributed by atoms with Crippen molar-refractivity contribution in [1.82, 2.24) is 9.97 Å². The Bertz CT molecular complexity index is 942. The predicted molar refractivity (Wildman–Crippen MR) is 117 cm³/mol. The van der Waals surface area contributed by atoms with Gasteiger partial charge in [-0.3, -0.25) is 0 Å². The summed E-state index contributed by atoms with van der Waals surface area (Å²) in [7, 11) is -0.942. The summed E-state index contributed by atoms with van der Waals surface area (Å²) >= 11 is 7.81. The molecule has 0 unspecified atom stereocenters. The number of halogens is 1. The number of nitrogens with zero attached hydrogens (tertiary/aromatic N) is 3. The molecule has 10 heteroatoms. The number of hydrogen-bond acceptors (Lipinski definition) is 8. The van der Waals surface area contributed by atoms with Gasteiger partial charge >= 0.3 is 7.12 Å². The molecule has 0 saturated carbocycles. The number of hydrogen-bond donors (Lipinski definition) is 2. The Morgan fingerprint density at radius 2 is 2.10 bits per heavy atom. The van der Waals surface area contributed by atoms with E-state index in [9.17, 15) is 5.02 Å². The van der Waals surface area contributed by atoms with Crippen LogP contribution in [-0.2, 0) is 16.0 Å². The van der Waals surface area contributed by atoms with Crippen molar-refractivity contribution < 1.29 is 14.4 Å². The predicted octanol–water partition coefficient (Wildman–Crippen LogP) is 1.83. The summed E-state index contributed by atoms with van der Waals surface area (Å²) in [5, 5.41) is 11.1. The van der Waals surface area contributed by atoms with Crippen LogP contribution in [0.2, 0.25) is 5.02 Å². The molecule has 2 atom stereocenters. The summed E-state index contributed by atoms with van der Waals surface area (Å²) in [6, 6.07) is 3.92. The number of rotatable bonds is 3. The minimum Gasteiger partial charge on any atom is -0.423 e. The first-order chi connectivity index (χ1) is 14.4. The van der Waals surface area contributed by atoms with E-state index in [-0.39, 0.29) is 17.6 Å². The molecule has 30 heavy (non-hydrogen) atoms. The molecule has 0 amide bonds. The lowest BCUT2D eigenvalue weighted by Gasteiger charge is -2.41. The Morgan fingerprint density at radius 1 is 1.30 bits per heavy atom. The molecular weight excluding hydrogens is 423 g/mol. The molecule has 0 bridgehead atoms. The molecule has 3 aliphatic rings. The third kappa shape index (κ3) is 3.61. The van der Waals surface area contributed by atoms with Gasteiger partial charge in [0.2, 0.25) is 0 Å². The Kier molecular flexibility index (Phi) is 5.45. The van der Waals surface area contributed by atoms with Crippen LogP contribution in [-0.4, -0.2) is 54.0 Å². The van der Waals surface area contributed by atoms with E-state index < -0.39 is 7.12 Å². The average Bonchev–Trinajstić information content (AvgIpc) is 3.25. The van der Waals surface area contributed by atoms with Crippen molar-refractivity contribution in [1.29, 1.82) is 0 Å². The lowest BCUT2D eigenvalue weighted by atomic mass is 9.73. The summed E-state index contributed by atoms with van der Waals surface area (Å²) in [5.41, 5.74) is 8.08. The molecule has 4 heterocycles. The van der Waals surface area contributed by atoms with E-state index in [0.717, 1.165) is 53.8 Å². The monoisotopic (exact) mass is 446 g/mol. The van der Waals surface area contributed by atoms with Crippen LogP contribution >= 0.6 is 23.4 Å². The molecule has 2 saturated heterocycles. The molecule has 2 aromatic rings. The number of fused-ring (bicyclic) bond motifs is 1. The Balaban J connectivity index is 1.24. The first kappa shape index (κ1) is 20.5. The Labute approximate surface area is 185 Å². The van der Waals surface area contributed by atoms with Crippen molar-refractivity contribution in [2.75, 3.05) is 24.6 Å². The van der Waals surface area contributed by atoms with E-state index in [4.69, 9.17) is 26.7 Å². The molecule has 1 spiro atoms. The molecule has 1 aromatic heterocycles. The lowest BCUT2D eigenvalue weighted by molar-refractivity contribution is 0.0974. The number of aromatic nitrogens is 2. The highest BCUT2D eigenvalue weighted by atomic mass is 35.5. The van der Waals surface area contributed by atoms with Gasteiger partial charge in [0, 0.05) is 39.9 Å².